The van der Waals surface area contributed by atoms with Crippen LogP contribution in [0.2, 0.25) is 0 Å². The lowest BCUT2D eigenvalue weighted by Crippen LogP contribution is -2.46. The van der Waals surface area contributed by atoms with Gasteiger partial charge in [-0.2, -0.15) is 0 Å². The third kappa shape index (κ3) is 6.37. The normalized spacial score (nSPS) is 12.2. The van der Waals surface area contributed by atoms with E-state index in [0.717, 1.165) is 0 Å². The van der Waals surface area contributed by atoms with Crippen LogP contribution in [-0.2, 0) is 14.3 Å². The molecule has 23 heavy (non-hydrogen) atoms. The van der Waals surface area contributed by atoms with Gasteiger partial charge in [-0.25, -0.2) is 4.79 Å². The number of nitrogens with one attached hydrogen (secondary N) is 1. The summed E-state index contributed by atoms with van der Waals surface area (Å²) in [6.07, 6.45) is -0.947. The summed E-state index contributed by atoms with van der Waals surface area (Å²) >= 11 is 0. The molecule has 1 atom stereocenters. The van der Waals surface area contributed by atoms with Gasteiger partial charge in [-0.1, -0.05) is 12.1 Å². The third-order valence-corrected chi connectivity index (χ3v) is 2.67. The zero-order chi connectivity index (χ0) is 17.6. The standard InChI is InChI=1S/C16H22N2O5/c1-10(15(21)18-16(2,3)4)23-13(19)9-22-12-8-6-5-7-11(12)14(17)20/h5-8,10H,9H2,1-4H3,(H2,17,20)(H,18,21)/t10-/m0/s1. The van der Waals surface area contributed by atoms with Crippen molar-refractivity contribution < 1.29 is 23.9 Å². The van der Waals surface area contributed by atoms with E-state index in [1.165, 1.54) is 19.1 Å². The van der Waals surface area contributed by atoms with Crippen LogP contribution in [0.5, 0.6) is 5.75 Å². The molecule has 126 valence electrons. The average Bonchev–Trinajstić information content (AvgIpc) is 2.43. The highest BCUT2D eigenvalue weighted by atomic mass is 16.6. The second-order valence-electron chi connectivity index (χ2n) is 6.02. The fraction of sp³-hybridized carbons (Fsp3) is 0.438. The summed E-state index contributed by atoms with van der Waals surface area (Å²) in [4.78, 5) is 34.8. The van der Waals surface area contributed by atoms with Gasteiger partial charge < -0.3 is 20.5 Å². The van der Waals surface area contributed by atoms with E-state index in [1.807, 2.05) is 20.8 Å². The van der Waals surface area contributed by atoms with Crippen LogP contribution in [0.15, 0.2) is 24.3 Å². The first-order valence-electron chi connectivity index (χ1n) is 7.13. The molecule has 1 aromatic carbocycles. The van der Waals surface area contributed by atoms with Gasteiger partial charge in [-0.15, -0.1) is 0 Å². The first kappa shape index (κ1) is 18.5. The molecule has 0 spiro atoms. The van der Waals surface area contributed by atoms with E-state index in [2.05, 4.69) is 5.32 Å². The Hall–Kier alpha value is -2.57. The maximum Gasteiger partial charge on any atom is 0.344 e. The van der Waals surface area contributed by atoms with Crippen molar-refractivity contribution in [3.63, 3.8) is 0 Å². The summed E-state index contributed by atoms with van der Waals surface area (Å²) in [5, 5.41) is 2.70. The fourth-order valence-electron chi connectivity index (χ4n) is 1.69. The van der Waals surface area contributed by atoms with Crippen molar-refractivity contribution in [3.05, 3.63) is 29.8 Å². The van der Waals surface area contributed by atoms with Gasteiger partial charge in [0.1, 0.15) is 5.75 Å². The van der Waals surface area contributed by atoms with Crippen LogP contribution in [-0.4, -0.2) is 36.0 Å². The van der Waals surface area contributed by atoms with Gasteiger partial charge in [0.25, 0.3) is 11.8 Å². The molecule has 0 aromatic heterocycles. The Labute approximate surface area is 135 Å². The first-order chi connectivity index (χ1) is 10.6. The van der Waals surface area contributed by atoms with Gasteiger partial charge in [-0.3, -0.25) is 9.59 Å². The monoisotopic (exact) mass is 322 g/mol. The Balaban J connectivity index is 2.55. The van der Waals surface area contributed by atoms with Crippen molar-refractivity contribution in [1.82, 2.24) is 5.32 Å². The maximum atomic E-state index is 11.8. The van der Waals surface area contributed by atoms with E-state index < -0.39 is 36.0 Å². The lowest BCUT2D eigenvalue weighted by atomic mass is 10.1. The number of benzene rings is 1. The summed E-state index contributed by atoms with van der Waals surface area (Å²) < 4.78 is 10.2. The van der Waals surface area contributed by atoms with E-state index in [9.17, 15) is 14.4 Å². The van der Waals surface area contributed by atoms with Crippen molar-refractivity contribution >= 4 is 17.8 Å². The molecule has 0 saturated heterocycles. The van der Waals surface area contributed by atoms with Crippen molar-refractivity contribution in [1.29, 1.82) is 0 Å². The molecular weight excluding hydrogens is 300 g/mol. The van der Waals surface area contributed by atoms with Crippen LogP contribution >= 0.6 is 0 Å². The fourth-order valence-corrected chi connectivity index (χ4v) is 1.69. The molecule has 0 bridgehead atoms. The number of hydrogen-bond donors (Lipinski definition) is 2. The first-order valence-corrected chi connectivity index (χ1v) is 7.13. The molecule has 0 aliphatic carbocycles. The molecule has 0 aliphatic rings. The number of esters is 1. The van der Waals surface area contributed by atoms with Crippen LogP contribution in [0.1, 0.15) is 38.1 Å². The molecule has 0 aliphatic heterocycles. The largest absolute Gasteiger partial charge is 0.481 e. The number of ether oxygens (including phenoxy) is 2. The summed E-state index contributed by atoms with van der Waals surface area (Å²) in [5.41, 5.74) is 4.96. The van der Waals surface area contributed by atoms with E-state index in [-0.39, 0.29) is 11.3 Å². The lowest BCUT2D eigenvalue weighted by Gasteiger charge is -2.23. The minimum atomic E-state index is -0.947. The molecule has 0 unspecified atom stereocenters. The van der Waals surface area contributed by atoms with E-state index in [1.54, 1.807) is 12.1 Å². The number of para-hydroxylation sites is 1. The van der Waals surface area contributed by atoms with Gasteiger partial charge in [0.2, 0.25) is 0 Å². The highest BCUT2D eigenvalue weighted by Gasteiger charge is 2.22. The number of primary amides is 1. The average molecular weight is 322 g/mol. The Kier molecular flexibility index (Phi) is 6.12. The van der Waals surface area contributed by atoms with Crippen LogP contribution in [0, 0.1) is 0 Å². The van der Waals surface area contributed by atoms with E-state index in [4.69, 9.17) is 15.2 Å². The number of nitrogens with two attached hydrogens (primary N) is 1. The zero-order valence-corrected chi connectivity index (χ0v) is 13.7. The van der Waals surface area contributed by atoms with Crippen molar-refractivity contribution in [3.8, 4) is 5.75 Å². The minimum Gasteiger partial charge on any atom is -0.481 e. The Bertz CT molecular complexity index is 592. The molecule has 3 N–H and O–H groups in total. The van der Waals surface area contributed by atoms with Crippen LogP contribution in [0.25, 0.3) is 0 Å². The van der Waals surface area contributed by atoms with Crippen LogP contribution in [0.3, 0.4) is 0 Å². The lowest BCUT2D eigenvalue weighted by molar-refractivity contribution is -0.157. The Morgan fingerprint density at radius 3 is 2.39 bits per heavy atom. The molecular formula is C16H22N2O5. The predicted octanol–water partition coefficient (Wildman–Crippen LogP) is 1.01. The number of rotatable bonds is 6. The van der Waals surface area contributed by atoms with E-state index >= 15 is 0 Å². The Morgan fingerprint density at radius 1 is 1.22 bits per heavy atom. The summed E-state index contributed by atoms with van der Waals surface area (Å²) in [5.74, 6) is -1.60. The Morgan fingerprint density at radius 2 is 1.83 bits per heavy atom. The summed E-state index contributed by atoms with van der Waals surface area (Å²) in [6, 6.07) is 6.28. The SMILES string of the molecule is C[C@H](OC(=O)COc1ccccc1C(N)=O)C(=O)NC(C)(C)C. The van der Waals surface area contributed by atoms with Gasteiger partial charge in [0, 0.05) is 5.54 Å². The molecule has 7 nitrogen and oxygen atoms in total. The molecule has 0 fully saturated rings. The highest BCUT2D eigenvalue weighted by molar-refractivity contribution is 5.95. The molecule has 7 heteroatoms. The number of hydrogen-bond acceptors (Lipinski definition) is 5. The second-order valence-corrected chi connectivity index (χ2v) is 6.02. The second kappa shape index (κ2) is 7.62. The van der Waals surface area contributed by atoms with Crippen molar-refractivity contribution in [2.45, 2.75) is 39.3 Å². The van der Waals surface area contributed by atoms with Crippen LogP contribution in [0.4, 0.5) is 0 Å². The van der Waals surface area contributed by atoms with Crippen molar-refractivity contribution in [2.24, 2.45) is 5.73 Å². The van der Waals surface area contributed by atoms with Crippen LogP contribution < -0.4 is 15.8 Å². The molecule has 1 rings (SSSR count). The maximum absolute atomic E-state index is 11.8. The molecule has 0 radical (unpaired) electrons. The van der Waals surface area contributed by atoms with Crippen molar-refractivity contribution in [2.75, 3.05) is 6.61 Å². The quantitative estimate of drug-likeness (QED) is 0.760. The number of carbonyl (C=O) groups excluding carboxylic acids is 3. The minimum absolute atomic E-state index is 0.166. The van der Waals surface area contributed by atoms with Gasteiger partial charge in [0.15, 0.2) is 12.7 Å². The third-order valence-electron chi connectivity index (χ3n) is 2.67. The molecule has 2 amide bonds. The topological polar surface area (TPSA) is 108 Å². The predicted molar refractivity (Wildman–Crippen MR) is 83.9 cm³/mol. The summed E-state index contributed by atoms with van der Waals surface area (Å²) in [6.45, 7) is 6.50. The zero-order valence-electron chi connectivity index (χ0n) is 13.7. The van der Waals surface area contributed by atoms with Gasteiger partial charge in [-0.05, 0) is 39.8 Å². The number of carbonyl (C=O) groups is 3. The van der Waals surface area contributed by atoms with E-state index in [0.29, 0.717) is 0 Å². The molecule has 0 heterocycles. The smallest absolute Gasteiger partial charge is 0.344 e. The molecule has 1 aromatic rings. The summed E-state index contributed by atoms with van der Waals surface area (Å²) in [7, 11) is 0. The highest BCUT2D eigenvalue weighted by Crippen LogP contribution is 2.17. The van der Waals surface area contributed by atoms with Gasteiger partial charge in [0.05, 0.1) is 5.56 Å². The number of amides is 2. The van der Waals surface area contributed by atoms with Gasteiger partial charge >= 0.3 is 5.97 Å². The molecule has 0 saturated carbocycles.